The van der Waals surface area contributed by atoms with Crippen LogP contribution in [0.5, 0.6) is 5.75 Å². The molecule has 3 heterocycles. The lowest BCUT2D eigenvalue weighted by atomic mass is 9.84. The van der Waals surface area contributed by atoms with Crippen LogP contribution in [0.2, 0.25) is 0 Å². The number of piperidine rings is 2. The van der Waals surface area contributed by atoms with E-state index < -0.39 is 23.8 Å². The molecule has 1 aromatic rings. The van der Waals surface area contributed by atoms with E-state index in [-0.39, 0.29) is 17.5 Å². The van der Waals surface area contributed by atoms with E-state index in [1.165, 1.54) is 11.0 Å². The Morgan fingerprint density at radius 2 is 1.90 bits per heavy atom. The molecule has 1 aromatic carbocycles. The zero-order valence-electron chi connectivity index (χ0n) is 16.5. The molecule has 0 radical (unpaired) electrons. The van der Waals surface area contributed by atoms with Crippen LogP contribution in [-0.4, -0.2) is 76.6 Å². The summed E-state index contributed by atoms with van der Waals surface area (Å²) in [4.78, 5) is 27.6. The first-order valence-corrected chi connectivity index (χ1v) is 10.0. The number of benzene rings is 1. The number of hydrogen-bond acceptors (Lipinski definition) is 7. The molecule has 2 amide bonds. The molecule has 3 fully saturated rings. The number of nitrogen functional groups attached to an aromatic ring is 1. The Hall–Kier alpha value is -3.03. The Morgan fingerprint density at radius 3 is 2.50 bits per heavy atom. The van der Waals surface area contributed by atoms with E-state index in [0.717, 1.165) is 6.42 Å². The van der Waals surface area contributed by atoms with Crippen molar-refractivity contribution in [3.05, 3.63) is 23.8 Å². The maximum absolute atomic E-state index is 13.3. The largest absolute Gasteiger partial charge is 0.483 e. The molecule has 160 valence electrons. The first-order valence-electron chi connectivity index (χ1n) is 10.0. The third kappa shape index (κ3) is 3.62. The van der Waals surface area contributed by atoms with Gasteiger partial charge in [0.2, 0.25) is 5.72 Å². The Balaban J connectivity index is 1.48. The van der Waals surface area contributed by atoms with E-state index in [1.54, 1.807) is 17.0 Å². The van der Waals surface area contributed by atoms with Crippen molar-refractivity contribution in [1.82, 2.24) is 15.1 Å². The second-order valence-electron chi connectivity index (χ2n) is 8.32. The average Bonchev–Trinajstić information content (AvgIpc) is 3.09. The summed E-state index contributed by atoms with van der Waals surface area (Å²) in [6.07, 6.45) is -0.484. The van der Waals surface area contributed by atoms with Gasteiger partial charge in [0.15, 0.2) is 6.10 Å². The van der Waals surface area contributed by atoms with Gasteiger partial charge in [-0.1, -0.05) is 0 Å². The van der Waals surface area contributed by atoms with Gasteiger partial charge in [-0.15, -0.1) is 0 Å². The zero-order chi connectivity index (χ0) is 21.5. The van der Waals surface area contributed by atoms with Gasteiger partial charge in [-0.05, 0) is 36.5 Å². The third-order valence-corrected chi connectivity index (χ3v) is 6.14. The minimum Gasteiger partial charge on any atom is -0.483 e. The number of likely N-dealkylation sites (tertiary alicyclic amines) is 2. The number of rotatable bonds is 3. The molecule has 0 spiro atoms. The molecule has 4 atom stereocenters. The standard InChI is InChI=1S/C20H25N5O5/c21-7-12-1-2-16(15(22)6-12)30-17-3-4-23-20(17,29)18(26)24-8-13-5-14(9-24)11-25(10-13)19(27)28/h1-2,6,13-14,17,23,29H,3-5,8-11,22H2,(H,27,28)/t13?,14?,17?,20-/m0/s1. The zero-order valence-corrected chi connectivity index (χ0v) is 16.5. The van der Waals surface area contributed by atoms with E-state index >= 15 is 0 Å². The monoisotopic (exact) mass is 415 g/mol. The van der Waals surface area contributed by atoms with Crippen molar-refractivity contribution in [2.24, 2.45) is 11.8 Å². The van der Waals surface area contributed by atoms with Crippen LogP contribution in [0.15, 0.2) is 18.2 Å². The Bertz CT molecular complexity index is 888. The summed E-state index contributed by atoms with van der Waals surface area (Å²) in [5, 5.41) is 32.3. The third-order valence-electron chi connectivity index (χ3n) is 6.14. The Labute approximate surface area is 173 Å². The molecule has 30 heavy (non-hydrogen) atoms. The number of nitrogens with zero attached hydrogens (tertiary/aromatic N) is 3. The molecule has 10 heteroatoms. The number of hydrogen-bond donors (Lipinski definition) is 4. The predicted octanol–water partition coefficient (Wildman–Crippen LogP) is 0.0281. The SMILES string of the molecule is N#Cc1ccc(OC2CCN[C@@]2(O)C(=O)N2CC3CC(CN(C(=O)O)C3)C2)c(N)c1. The fourth-order valence-corrected chi connectivity index (χ4v) is 4.80. The number of ether oxygens (including phenoxy) is 1. The number of carbonyl (C=O) groups is 2. The van der Waals surface area contributed by atoms with Gasteiger partial charge in [-0.3, -0.25) is 10.1 Å². The molecule has 0 aromatic heterocycles. The van der Waals surface area contributed by atoms with Crippen LogP contribution in [-0.2, 0) is 4.79 Å². The van der Waals surface area contributed by atoms with Gasteiger partial charge >= 0.3 is 6.09 Å². The number of fused-ring (bicyclic) bond motifs is 2. The molecular weight excluding hydrogens is 390 g/mol. The molecule has 3 aliphatic rings. The van der Waals surface area contributed by atoms with E-state index in [0.29, 0.717) is 50.5 Å². The van der Waals surface area contributed by atoms with E-state index in [1.807, 2.05) is 6.07 Å². The highest BCUT2D eigenvalue weighted by Crippen LogP contribution is 2.33. The van der Waals surface area contributed by atoms with Gasteiger partial charge in [-0.2, -0.15) is 5.26 Å². The fraction of sp³-hybridized carbons (Fsp3) is 0.550. The van der Waals surface area contributed by atoms with Crippen LogP contribution in [0.4, 0.5) is 10.5 Å². The maximum Gasteiger partial charge on any atom is 0.407 e. The van der Waals surface area contributed by atoms with Crippen molar-refractivity contribution in [3.8, 4) is 11.8 Å². The normalized spacial score (nSPS) is 30.6. The van der Waals surface area contributed by atoms with Crippen LogP contribution >= 0.6 is 0 Å². The minimum absolute atomic E-state index is 0.0519. The number of carboxylic acid groups (broad SMARTS) is 1. The summed E-state index contributed by atoms with van der Waals surface area (Å²) in [5.74, 6) is -0.0515. The van der Waals surface area contributed by atoms with Crippen molar-refractivity contribution < 1.29 is 24.5 Å². The summed E-state index contributed by atoms with van der Waals surface area (Å²) in [6.45, 7) is 1.98. The Morgan fingerprint density at radius 1 is 1.23 bits per heavy atom. The number of nitrogens with two attached hydrogens (primary N) is 1. The molecule has 3 saturated heterocycles. The summed E-state index contributed by atoms with van der Waals surface area (Å²) >= 11 is 0. The minimum atomic E-state index is -1.89. The lowest BCUT2D eigenvalue weighted by Gasteiger charge is -2.46. The molecule has 2 bridgehead atoms. The van der Waals surface area contributed by atoms with E-state index in [9.17, 15) is 19.8 Å². The maximum atomic E-state index is 13.3. The summed E-state index contributed by atoms with van der Waals surface area (Å²) in [6, 6.07) is 6.60. The van der Waals surface area contributed by atoms with Gasteiger partial charge in [0.05, 0.1) is 17.3 Å². The lowest BCUT2D eigenvalue weighted by molar-refractivity contribution is -0.166. The summed E-state index contributed by atoms with van der Waals surface area (Å²) in [5.41, 5.74) is 4.72. The number of nitriles is 1. The lowest BCUT2D eigenvalue weighted by Crippen LogP contribution is -2.65. The highest BCUT2D eigenvalue weighted by atomic mass is 16.5. The molecule has 3 aliphatic heterocycles. The van der Waals surface area contributed by atoms with Crippen LogP contribution < -0.4 is 15.8 Å². The van der Waals surface area contributed by atoms with Crippen molar-refractivity contribution in [2.75, 3.05) is 38.5 Å². The molecular formula is C20H25N5O5. The van der Waals surface area contributed by atoms with Crippen molar-refractivity contribution in [2.45, 2.75) is 24.7 Å². The second kappa shape index (κ2) is 7.66. The van der Waals surface area contributed by atoms with Crippen molar-refractivity contribution >= 4 is 17.7 Å². The first-order chi connectivity index (χ1) is 14.3. The quantitative estimate of drug-likeness (QED) is 0.505. The number of anilines is 1. The van der Waals surface area contributed by atoms with Crippen LogP contribution in [0, 0.1) is 23.2 Å². The van der Waals surface area contributed by atoms with Crippen LogP contribution in [0.3, 0.4) is 0 Å². The van der Waals surface area contributed by atoms with E-state index in [2.05, 4.69) is 5.32 Å². The second-order valence-corrected chi connectivity index (χ2v) is 8.32. The van der Waals surface area contributed by atoms with E-state index in [4.69, 9.17) is 15.7 Å². The van der Waals surface area contributed by atoms with Gasteiger partial charge in [0.25, 0.3) is 5.91 Å². The fourth-order valence-electron chi connectivity index (χ4n) is 4.80. The molecule has 0 aliphatic carbocycles. The molecule has 10 nitrogen and oxygen atoms in total. The summed E-state index contributed by atoms with van der Waals surface area (Å²) in [7, 11) is 0. The highest BCUT2D eigenvalue weighted by molar-refractivity contribution is 5.86. The van der Waals surface area contributed by atoms with Crippen LogP contribution in [0.25, 0.3) is 0 Å². The first kappa shape index (κ1) is 20.3. The average molecular weight is 415 g/mol. The Kier molecular flexibility index (Phi) is 5.17. The molecule has 3 unspecified atom stereocenters. The van der Waals surface area contributed by atoms with Gasteiger partial charge in [-0.25, -0.2) is 4.79 Å². The summed E-state index contributed by atoms with van der Waals surface area (Å²) < 4.78 is 5.90. The number of aliphatic hydroxyl groups is 1. The molecule has 0 saturated carbocycles. The van der Waals surface area contributed by atoms with Crippen molar-refractivity contribution in [1.29, 1.82) is 5.26 Å². The topological polar surface area (TPSA) is 152 Å². The van der Waals surface area contributed by atoms with Gasteiger partial charge in [0, 0.05) is 39.1 Å². The predicted molar refractivity (Wildman–Crippen MR) is 105 cm³/mol. The van der Waals surface area contributed by atoms with Gasteiger partial charge in [0.1, 0.15) is 5.75 Å². The number of amides is 2. The highest BCUT2D eigenvalue weighted by Gasteiger charge is 2.53. The number of carbonyl (C=O) groups excluding carboxylic acids is 1. The van der Waals surface area contributed by atoms with Crippen molar-refractivity contribution in [3.63, 3.8) is 0 Å². The van der Waals surface area contributed by atoms with Gasteiger partial charge < -0.3 is 30.5 Å². The molecule has 4 rings (SSSR count). The molecule has 5 N–H and O–H groups in total. The smallest absolute Gasteiger partial charge is 0.407 e. The van der Waals surface area contributed by atoms with Crippen LogP contribution in [0.1, 0.15) is 18.4 Å². The number of nitrogens with one attached hydrogen (secondary N) is 1.